The number of hydrogen-bond donors (Lipinski definition) is 1. The molecule has 0 fully saturated rings. The minimum atomic E-state index is -0.753. The molecule has 8 heteroatoms. The molecular formula is C32H37BrCl2N2O3. The molecule has 214 valence electrons. The zero-order valence-electron chi connectivity index (χ0n) is 23.5. The molecular weight excluding hydrogens is 611 g/mol. The van der Waals surface area contributed by atoms with Crippen molar-refractivity contribution in [3.63, 3.8) is 0 Å². The van der Waals surface area contributed by atoms with E-state index in [-0.39, 0.29) is 30.4 Å². The van der Waals surface area contributed by atoms with Gasteiger partial charge in [-0.15, -0.1) is 0 Å². The highest BCUT2D eigenvalue weighted by atomic mass is 79.9. The van der Waals surface area contributed by atoms with Gasteiger partial charge >= 0.3 is 0 Å². The number of amides is 2. The summed E-state index contributed by atoms with van der Waals surface area (Å²) in [5.41, 5.74) is 2.83. The van der Waals surface area contributed by atoms with Crippen molar-refractivity contribution in [3.8, 4) is 5.75 Å². The summed E-state index contributed by atoms with van der Waals surface area (Å²) in [6.07, 6.45) is 2.16. The van der Waals surface area contributed by atoms with E-state index in [1.54, 1.807) is 17.0 Å². The fraction of sp³-hybridized carbons (Fsp3) is 0.375. The third kappa shape index (κ3) is 9.25. The van der Waals surface area contributed by atoms with E-state index in [4.69, 9.17) is 27.9 Å². The molecule has 0 saturated carbocycles. The lowest BCUT2D eigenvalue weighted by Crippen LogP contribution is -2.51. The van der Waals surface area contributed by atoms with E-state index in [2.05, 4.69) is 48.9 Å². The molecule has 0 bridgehead atoms. The Hall–Kier alpha value is -2.54. The first-order valence-electron chi connectivity index (χ1n) is 13.5. The molecule has 3 aromatic rings. The molecule has 0 unspecified atom stereocenters. The van der Waals surface area contributed by atoms with Crippen LogP contribution in [0.25, 0.3) is 0 Å². The normalized spacial score (nSPS) is 12.1. The minimum Gasteiger partial charge on any atom is -0.483 e. The standard InChI is InChI=1S/C32H37BrCl2N2O3/c1-5-6-16-36-31(39)28(18-22-10-8-7-9-11-22)37(20-23-12-14-26(34)27(35)17-23)30(38)21-40-29-15-13-24(19-25(29)33)32(2,3)4/h7-15,17,19,28H,5-6,16,18,20-21H2,1-4H3,(H,36,39)/t28-/m0/s1. The molecule has 2 amide bonds. The number of benzene rings is 3. The highest BCUT2D eigenvalue weighted by molar-refractivity contribution is 9.10. The zero-order chi connectivity index (χ0) is 29.3. The van der Waals surface area contributed by atoms with E-state index in [0.717, 1.165) is 34.0 Å². The van der Waals surface area contributed by atoms with Gasteiger partial charge in [0, 0.05) is 19.5 Å². The lowest BCUT2D eigenvalue weighted by atomic mass is 9.87. The molecule has 0 saturated heterocycles. The SMILES string of the molecule is CCCCNC(=O)[C@H](Cc1ccccc1)N(Cc1ccc(Cl)c(Cl)c1)C(=O)COc1ccc(C(C)(C)C)cc1Br. The lowest BCUT2D eigenvalue weighted by molar-refractivity contribution is -0.142. The Morgan fingerprint density at radius 2 is 1.70 bits per heavy atom. The first kappa shape index (κ1) is 32.0. The van der Waals surface area contributed by atoms with Crippen molar-refractivity contribution in [3.05, 3.63) is 97.9 Å². The fourth-order valence-electron chi connectivity index (χ4n) is 4.20. The maximum atomic E-state index is 13.8. The van der Waals surface area contributed by atoms with E-state index >= 15 is 0 Å². The summed E-state index contributed by atoms with van der Waals surface area (Å²) >= 11 is 16.0. The van der Waals surface area contributed by atoms with Crippen molar-refractivity contribution < 1.29 is 14.3 Å². The van der Waals surface area contributed by atoms with Crippen molar-refractivity contribution in [2.45, 2.75) is 65.0 Å². The van der Waals surface area contributed by atoms with Crippen molar-refractivity contribution in [2.75, 3.05) is 13.2 Å². The predicted molar refractivity (Wildman–Crippen MR) is 167 cm³/mol. The summed E-state index contributed by atoms with van der Waals surface area (Å²) in [6.45, 7) is 8.95. The van der Waals surface area contributed by atoms with Gasteiger partial charge in [-0.2, -0.15) is 0 Å². The average molecular weight is 648 g/mol. The highest BCUT2D eigenvalue weighted by Crippen LogP contribution is 2.32. The summed E-state index contributed by atoms with van der Waals surface area (Å²) in [5.74, 6) is 0.0358. The van der Waals surface area contributed by atoms with Gasteiger partial charge in [-0.25, -0.2) is 0 Å². The highest BCUT2D eigenvalue weighted by Gasteiger charge is 2.31. The quantitative estimate of drug-likeness (QED) is 0.203. The molecule has 0 spiro atoms. The number of rotatable bonds is 12. The molecule has 0 radical (unpaired) electrons. The Morgan fingerprint density at radius 1 is 0.975 bits per heavy atom. The summed E-state index contributed by atoms with van der Waals surface area (Å²) in [4.78, 5) is 28.9. The van der Waals surface area contributed by atoms with Crippen molar-refractivity contribution in [1.82, 2.24) is 10.2 Å². The van der Waals surface area contributed by atoms with Gasteiger partial charge in [-0.3, -0.25) is 9.59 Å². The van der Waals surface area contributed by atoms with Crippen molar-refractivity contribution in [1.29, 1.82) is 0 Å². The van der Waals surface area contributed by atoms with E-state index in [1.807, 2.05) is 54.6 Å². The first-order valence-corrected chi connectivity index (χ1v) is 15.0. The molecule has 3 rings (SSSR count). The topological polar surface area (TPSA) is 58.6 Å². The number of halogens is 3. The van der Waals surface area contributed by atoms with Crippen LogP contribution in [0.5, 0.6) is 5.75 Å². The number of nitrogens with one attached hydrogen (secondary N) is 1. The summed E-state index contributed by atoms with van der Waals surface area (Å²) < 4.78 is 6.76. The average Bonchev–Trinajstić information content (AvgIpc) is 2.91. The van der Waals surface area contributed by atoms with E-state index in [1.165, 1.54) is 0 Å². The Labute approximate surface area is 256 Å². The fourth-order valence-corrected chi connectivity index (χ4v) is 5.02. The second-order valence-electron chi connectivity index (χ2n) is 10.8. The van der Waals surface area contributed by atoms with E-state index in [9.17, 15) is 9.59 Å². The molecule has 0 aliphatic heterocycles. The van der Waals surface area contributed by atoms with Gasteiger partial charge in [0.25, 0.3) is 5.91 Å². The van der Waals surface area contributed by atoms with Crippen LogP contribution in [-0.2, 0) is 28.0 Å². The second-order valence-corrected chi connectivity index (χ2v) is 12.5. The van der Waals surface area contributed by atoms with Crippen LogP contribution in [0.4, 0.5) is 0 Å². The predicted octanol–water partition coefficient (Wildman–Crippen LogP) is 7.99. The van der Waals surface area contributed by atoms with Crippen LogP contribution in [0.15, 0.2) is 71.2 Å². The Morgan fingerprint density at radius 3 is 2.33 bits per heavy atom. The molecule has 1 atom stereocenters. The maximum absolute atomic E-state index is 13.8. The van der Waals surface area contributed by atoms with Crippen LogP contribution in [0.1, 0.15) is 57.2 Å². The molecule has 3 aromatic carbocycles. The van der Waals surface area contributed by atoms with Crippen LogP contribution in [0.2, 0.25) is 10.0 Å². The van der Waals surface area contributed by atoms with Crippen molar-refractivity contribution >= 4 is 50.9 Å². The van der Waals surface area contributed by atoms with Crippen LogP contribution < -0.4 is 10.1 Å². The smallest absolute Gasteiger partial charge is 0.261 e. The Kier molecular flexibility index (Phi) is 11.9. The minimum absolute atomic E-state index is 0.0245. The van der Waals surface area contributed by atoms with Gasteiger partial charge in [-0.1, -0.05) is 99.8 Å². The number of carbonyl (C=O) groups is 2. The molecule has 0 heterocycles. The largest absolute Gasteiger partial charge is 0.483 e. The molecule has 5 nitrogen and oxygen atoms in total. The Balaban J connectivity index is 1.91. The molecule has 0 aliphatic rings. The van der Waals surface area contributed by atoms with Gasteiger partial charge < -0.3 is 15.0 Å². The van der Waals surface area contributed by atoms with Crippen LogP contribution in [-0.4, -0.2) is 35.9 Å². The second kappa shape index (κ2) is 14.9. The van der Waals surface area contributed by atoms with Gasteiger partial charge in [-0.05, 0) is 68.7 Å². The Bertz CT molecular complexity index is 1300. The number of ether oxygens (including phenoxy) is 1. The number of carbonyl (C=O) groups excluding carboxylic acids is 2. The van der Waals surface area contributed by atoms with Crippen LogP contribution in [0, 0.1) is 0 Å². The lowest BCUT2D eigenvalue weighted by Gasteiger charge is -2.31. The van der Waals surface area contributed by atoms with Gasteiger partial charge in [0.1, 0.15) is 11.8 Å². The van der Waals surface area contributed by atoms with Gasteiger partial charge in [0.15, 0.2) is 6.61 Å². The van der Waals surface area contributed by atoms with Gasteiger partial charge in [0.2, 0.25) is 5.91 Å². The summed E-state index contributed by atoms with van der Waals surface area (Å²) in [6, 6.07) is 20.0. The monoisotopic (exact) mass is 646 g/mol. The van der Waals surface area contributed by atoms with Crippen LogP contribution >= 0.6 is 39.1 Å². The molecule has 0 aromatic heterocycles. The first-order chi connectivity index (χ1) is 19.0. The van der Waals surface area contributed by atoms with Gasteiger partial charge in [0.05, 0.1) is 14.5 Å². The molecule has 1 N–H and O–H groups in total. The summed E-state index contributed by atoms with van der Waals surface area (Å²) in [5, 5.41) is 3.83. The maximum Gasteiger partial charge on any atom is 0.261 e. The zero-order valence-corrected chi connectivity index (χ0v) is 26.6. The van der Waals surface area contributed by atoms with Crippen LogP contribution in [0.3, 0.4) is 0 Å². The third-order valence-corrected chi connectivity index (χ3v) is 7.95. The van der Waals surface area contributed by atoms with E-state index < -0.39 is 6.04 Å². The molecule has 0 aliphatic carbocycles. The van der Waals surface area contributed by atoms with Crippen molar-refractivity contribution in [2.24, 2.45) is 0 Å². The number of unbranched alkanes of at least 4 members (excludes halogenated alkanes) is 1. The molecule has 40 heavy (non-hydrogen) atoms. The summed E-state index contributed by atoms with van der Waals surface area (Å²) in [7, 11) is 0. The number of nitrogens with zero attached hydrogens (tertiary/aromatic N) is 1. The van der Waals surface area contributed by atoms with E-state index in [0.29, 0.717) is 28.8 Å². The number of hydrogen-bond acceptors (Lipinski definition) is 3. The third-order valence-electron chi connectivity index (χ3n) is 6.59.